The van der Waals surface area contributed by atoms with E-state index >= 15 is 0 Å². The number of nitrogens with zero attached hydrogens (tertiary/aromatic N) is 2. The summed E-state index contributed by atoms with van der Waals surface area (Å²) < 4.78 is 37.3. The van der Waals surface area contributed by atoms with Gasteiger partial charge in [-0.25, -0.2) is 4.85 Å². The predicted molar refractivity (Wildman–Crippen MR) is 49.4 cm³/mol. The highest BCUT2D eigenvalue weighted by Gasteiger charge is 2.40. The molecule has 0 N–H and O–H groups in total. The maximum atomic E-state index is 12.4. The van der Waals surface area contributed by atoms with E-state index in [1.807, 2.05) is 0 Å². The molecular formula is C8H2ClF3N2O2. The quantitative estimate of drug-likeness (QED) is 0.432. The normalized spacial score (nSPS) is 10.9. The van der Waals surface area contributed by atoms with Gasteiger partial charge in [0.25, 0.3) is 5.69 Å². The van der Waals surface area contributed by atoms with E-state index in [1.165, 1.54) is 0 Å². The van der Waals surface area contributed by atoms with Gasteiger partial charge in [0.1, 0.15) is 5.56 Å². The lowest BCUT2D eigenvalue weighted by molar-refractivity contribution is -0.388. The van der Waals surface area contributed by atoms with Crippen molar-refractivity contribution in [1.82, 2.24) is 0 Å². The second kappa shape index (κ2) is 3.98. The van der Waals surface area contributed by atoms with Crippen molar-refractivity contribution in [2.24, 2.45) is 0 Å². The minimum absolute atomic E-state index is 0.315. The monoisotopic (exact) mass is 250 g/mol. The predicted octanol–water partition coefficient (Wildman–Crippen LogP) is 3.82. The van der Waals surface area contributed by atoms with Crippen molar-refractivity contribution >= 4 is 23.0 Å². The van der Waals surface area contributed by atoms with Crippen LogP contribution in [0.25, 0.3) is 4.85 Å². The Morgan fingerprint density at radius 3 is 2.38 bits per heavy atom. The molecule has 0 bridgehead atoms. The van der Waals surface area contributed by atoms with E-state index < -0.39 is 27.4 Å². The minimum atomic E-state index is -4.93. The van der Waals surface area contributed by atoms with Crippen molar-refractivity contribution in [3.05, 3.63) is 44.3 Å². The Kier molecular flexibility index (Phi) is 3.05. The summed E-state index contributed by atoms with van der Waals surface area (Å²) in [5.74, 6) is 0. The molecule has 0 saturated carbocycles. The molecule has 1 aromatic rings. The van der Waals surface area contributed by atoms with E-state index in [9.17, 15) is 23.3 Å². The molecular weight excluding hydrogens is 249 g/mol. The Bertz CT molecular complexity index is 493. The Hall–Kier alpha value is -1.81. The lowest BCUT2D eigenvalue weighted by Gasteiger charge is -2.09. The summed E-state index contributed by atoms with van der Waals surface area (Å²) in [7, 11) is 0. The van der Waals surface area contributed by atoms with Crippen molar-refractivity contribution in [2.45, 2.75) is 6.18 Å². The van der Waals surface area contributed by atoms with Gasteiger partial charge in [0.15, 0.2) is 5.69 Å². The van der Waals surface area contributed by atoms with Gasteiger partial charge in [-0.3, -0.25) is 10.1 Å². The number of nitro benzene ring substituents is 1. The van der Waals surface area contributed by atoms with Gasteiger partial charge in [-0.1, -0.05) is 11.6 Å². The van der Waals surface area contributed by atoms with Crippen LogP contribution in [0.1, 0.15) is 5.56 Å². The van der Waals surface area contributed by atoms with Crippen LogP contribution in [0.5, 0.6) is 0 Å². The van der Waals surface area contributed by atoms with Crippen molar-refractivity contribution < 1.29 is 18.1 Å². The van der Waals surface area contributed by atoms with Gasteiger partial charge in [0.2, 0.25) is 0 Å². The SMILES string of the molecule is [C-]#[N+]c1cc(Cl)c(C(F)(F)F)c([N+](=O)[O-])c1. The second-order valence-electron chi connectivity index (χ2n) is 2.69. The fraction of sp³-hybridized carbons (Fsp3) is 0.125. The third-order valence-electron chi connectivity index (χ3n) is 1.66. The zero-order valence-corrected chi connectivity index (χ0v) is 8.13. The van der Waals surface area contributed by atoms with Crippen LogP contribution in [0.2, 0.25) is 5.02 Å². The maximum absolute atomic E-state index is 12.4. The van der Waals surface area contributed by atoms with E-state index in [1.54, 1.807) is 0 Å². The van der Waals surface area contributed by atoms with Crippen molar-refractivity contribution in [3.63, 3.8) is 0 Å². The molecule has 4 nitrogen and oxygen atoms in total. The van der Waals surface area contributed by atoms with Crippen LogP contribution < -0.4 is 0 Å². The first-order valence-corrected chi connectivity index (χ1v) is 4.07. The van der Waals surface area contributed by atoms with Crippen LogP contribution in [0.15, 0.2) is 12.1 Å². The van der Waals surface area contributed by atoms with Gasteiger partial charge >= 0.3 is 6.18 Å². The third-order valence-corrected chi connectivity index (χ3v) is 1.96. The fourth-order valence-electron chi connectivity index (χ4n) is 1.07. The first-order valence-electron chi connectivity index (χ1n) is 3.70. The highest BCUT2D eigenvalue weighted by atomic mass is 35.5. The average Bonchev–Trinajstić information content (AvgIpc) is 2.14. The van der Waals surface area contributed by atoms with E-state index in [4.69, 9.17) is 18.2 Å². The van der Waals surface area contributed by atoms with Crippen LogP contribution >= 0.6 is 11.6 Å². The number of halogens is 4. The summed E-state index contributed by atoms with van der Waals surface area (Å²) in [4.78, 5) is 12.0. The summed E-state index contributed by atoms with van der Waals surface area (Å²) in [5, 5.41) is 9.58. The smallest absolute Gasteiger partial charge is 0.258 e. The van der Waals surface area contributed by atoms with Crippen molar-refractivity contribution in [1.29, 1.82) is 0 Å². The minimum Gasteiger partial charge on any atom is -0.258 e. The van der Waals surface area contributed by atoms with Gasteiger partial charge in [0, 0.05) is 11.1 Å². The van der Waals surface area contributed by atoms with Gasteiger partial charge in [-0.05, 0) is 6.07 Å². The molecule has 0 saturated heterocycles. The van der Waals surface area contributed by atoms with Crippen LogP contribution in [0.3, 0.4) is 0 Å². The zero-order chi connectivity index (χ0) is 12.5. The summed E-state index contributed by atoms with van der Waals surface area (Å²) in [6, 6.07) is 1.28. The molecule has 0 aromatic heterocycles. The molecule has 0 spiro atoms. The number of nitro groups is 1. The van der Waals surface area contributed by atoms with Crippen LogP contribution in [-0.4, -0.2) is 4.92 Å². The van der Waals surface area contributed by atoms with Crippen LogP contribution in [0.4, 0.5) is 24.5 Å². The fourth-order valence-corrected chi connectivity index (χ4v) is 1.38. The lowest BCUT2D eigenvalue weighted by atomic mass is 10.1. The number of hydrogen-bond donors (Lipinski definition) is 0. The van der Waals surface area contributed by atoms with Gasteiger partial charge in [-0.2, -0.15) is 13.2 Å². The summed E-state index contributed by atoms with van der Waals surface area (Å²) >= 11 is 5.27. The first-order chi connectivity index (χ1) is 7.27. The third kappa shape index (κ3) is 2.23. The number of rotatable bonds is 1. The zero-order valence-electron chi connectivity index (χ0n) is 7.38. The second-order valence-corrected chi connectivity index (χ2v) is 3.10. The Morgan fingerprint density at radius 1 is 1.44 bits per heavy atom. The van der Waals surface area contributed by atoms with Gasteiger partial charge in [0.05, 0.1) is 11.5 Å². The average molecular weight is 251 g/mol. The molecule has 1 rings (SSSR count). The van der Waals surface area contributed by atoms with Crippen molar-refractivity contribution in [3.8, 4) is 0 Å². The molecule has 0 radical (unpaired) electrons. The molecule has 1 aromatic carbocycles. The Morgan fingerprint density at radius 2 is 2.00 bits per heavy atom. The highest BCUT2D eigenvalue weighted by Crippen LogP contribution is 2.42. The Labute approximate surface area is 92.2 Å². The van der Waals surface area contributed by atoms with Crippen molar-refractivity contribution in [2.75, 3.05) is 0 Å². The van der Waals surface area contributed by atoms with E-state index in [-0.39, 0.29) is 5.69 Å². The maximum Gasteiger partial charge on any atom is 0.424 e. The standard InChI is InChI=1S/C8H2ClF3N2O2/c1-13-4-2-5(9)7(8(10,11)12)6(3-4)14(15)16/h2-3H. The van der Waals surface area contributed by atoms with Gasteiger partial charge in [-0.15, -0.1) is 0 Å². The molecule has 0 heterocycles. The molecule has 84 valence electrons. The number of benzene rings is 1. The molecule has 0 aliphatic carbocycles. The Balaban J connectivity index is 3.61. The number of hydrogen-bond acceptors (Lipinski definition) is 2. The molecule has 0 atom stereocenters. The largest absolute Gasteiger partial charge is 0.424 e. The van der Waals surface area contributed by atoms with Crippen LogP contribution in [-0.2, 0) is 6.18 Å². The first kappa shape index (κ1) is 12.3. The van der Waals surface area contributed by atoms with Gasteiger partial charge < -0.3 is 0 Å². The van der Waals surface area contributed by atoms with E-state index in [0.717, 1.165) is 6.07 Å². The summed E-state index contributed by atoms with van der Waals surface area (Å²) in [5.41, 5.74) is -3.07. The van der Waals surface area contributed by atoms with Crippen LogP contribution in [0, 0.1) is 16.7 Å². The molecule has 0 aliphatic rings. The highest BCUT2D eigenvalue weighted by molar-refractivity contribution is 6.32. The molecule has 0 fully saturated rings. The lowest BCUT2D eigenvalue weighted by Crippen LogP contribution is -2.09. The number of alkyl halides is 3. The molecule has 0 unspecified atom stereocenters. The topological polar surface area (TPSA) is 47.5 Å². The summed E-state index contributed by atoms with van der Waals surface area (Å²) in [6.45, 7) is 6.57. The van der Waals surface area contributed by atoms with E-state index in [2.05, 4.69) is 4.85 Å². The molecule has 8 heteroatoms. The molecule has 0 aliphatic heterocycles. The molecule has 0 amide bonds. The molecule has 16 heavy (non-hydrogen) atoms. The van der Waals surface area contributed by atoms with E-state index in [0.29, 0.717) is 6.07 Å². The summed E-state index contributed by atoms with van der Waals surface area (Å²) in [6.07, 6.45) is -4.93.